The van der Waals surface area contributed by atoms with E-state index in [1.807, 2.05) is 86.6 Å². The van der Waals surface area contributed by atoms with Crippen molar-refractivity contribution < 1.29 is 9.53 Å². The van der Waals surface area contributed by atoms with E-state index in [0.29, 0.717) is 24.7 Å². The molecule has 1 amide bonds. The molecule has 3 rings (SSSR count). The Hall–Kier alpha value is -3.86. The van der Waals surface area contributed by atoms with E-state index in [1.165, 1.54) is 0 Å². The summed E-state index contributed by atoms with van der Waals surface area (Å²) in [5, 5.41) is 2.99. The summed E-state index contributed by atoms with van der Waals surface area (Å²) < 4.78 is 5.77. The summed E-state index contributed by atoms with van der Waals surface area (Å²) in [5.74, 6) is 1.31. The first kappa shape index (κ1) is 23.8. The lowest BCUT2D eigenvalue weighted by Gasteiger charge is -2.22. The first-order chi connectivity index (χ1) is 16.0. The lowest BCUT2D eigenvalue weighted by atomic mass is 10.0. The number of benzene rings is 1. The van der Waals surface area contributed by atoms with Crippen LogP contribution in [0.15, 0.2) is 108 Å². The fourth-order valence-corrected chi connectivity index (χ4v) is 3.36. The number of hydrogen-bond acceptors (Lipinski definition) is 4. The van der Waals surface area contributed by atoms with Crippen LogP contribution in [-0.4, -0.2) is 29.4 Å². The molecule has 0 saturated heterocycles. The number of pyridine rings is 1. The Bertz CT molecular complexity index is 1110. The molecule has 5 heteroatoms. The van der Waals surface area contributed by atoms with E-state index < -0.39 is 0 Å². The van der Waals surface area contributed by atoms with Crippen LogP contribution in [0, 0.1) is 0 Å². The molecule has 1 N–H and O–H groups in total. The van der Waals surface area contributed by atoms with Gasteiger partial charge in [-0.25, -0.2) is 4.98 Å². The van der Waals surface area contributed by atoms with Gasteiger partial charge in [0.25, 0.3) is 0 Å². The van der Waals surface area contributed by atoms with Crippen molar-refractivity contribution in [3.8, 4) is 11.6 Å². The van der Waals surface area contributed by atoms with Gasteiger partial charge in [0, 0.05) is 38.0 Å². The molecule has 170 valence electrons. The summed E-state index contributed by atoms with van der Waals surface area (Å²) in [4.78, 5) is 19.2. The van der Waals surface area contributed by atoms with Crippen molar-refractivity contribution in [2.24, 2.45) is 0 Å². The first-order valence-electron chi connectivity index (χ1n) is 11.0. The number of carbonyl (C=O) groups is 1. The van der Waals surface area contributed by atoms with E-state index in [2.05, 4.69) is 35.5 Å². The average Bonchev–Trinajstić information content (AvgIpc) is 2.87. The van der Waals surface area contributed by atoms with Crippen molar-refractivity contribution in [3.63, 3.8) is 0 Å². The zero-order valence-corrected chi connectivity index (χ0v) is 19.7. The Labute approximate surface area is 196 Å². The van der Waals surface area contributed by atoms with Crippen LogP contribution in [0.25, 0.3) is 0 Å². The number of allylic oxidation sites excluding steroid dienone is 7. The maximum absolute atomic E-state index is 13.2. The highest BCUT2D eigenvalue weighted by Gasteiger charge is 2.17. The zero-order chi connectivity index (χ0) is 23.6. The van der Waals surface area contributed by atoms with Crippen LogP contribution < -0.4 is 10.1 Å². The molecule has 2 heterocycles. The van der Waals surface area contributed by atoms with Gasteiger partial charge in [-0.05, 0) is 73.5 Å². The van der Waals surface area contributed by atoms with E-state index in [9.17, 15) is 4.79 Å². The highest BCUT2D eigenvalue weighted by atomic mass is 16.5. The van der Waals surface area contributed by atoms with Crippen molar-refractivity contribution >= 4 is 5.91 Å². The molecule has 0 fully saturated rings. The predicted octanol–water partition coefficient (Wildman–Crippen LogP) is 5.71. The summed E-state index contributed by atoms with van der Waals surface area (Å²) >= 11 is 0. The first-order valence-corrected chi connectivity index (χ1v) is 11.0. The Morgan fingerprint density at radius 1 is 1.18 bits per heavy atom. The molecule has 33 heavy (non-hydrogen) atoms. The molecule has 0 aliphatic carbocycles. The molecule has 1 aliphatic heterocycles. The molecule has 2 aromatic rings. The third kappa shape index (κ3) is 6.81. The molecule has 0 radical (unpaired) electrons. The molecule has 0 bridgehead atoms. The Morgan fingerprint density at radius 2 is 1.97 bits per heavy atom. The zero-order valence-electron chi connectivity index (χ0n) is 19.7. The standard InChI is InChI=1S/C28H31N3O2/c1-21(9-7-16-29-4)25-10-8-18-31(28(32)23(3)22(2)19-25)20-24-12-14-26(15-13-24)33-27-11-5-6-17-30-27/h5-17,19,29H,18,20H2,1-4H3/b10-8+,16-7-,21-9+,23-22+,25-19+. The number of aromatic nitrogens is 1. The summed E-state index contributed by atoms with van der Waals surface area (Å²) in [6.45, 7) is 7.02. The fraction of sp³-hybridized carbons (Fsp3) is 0.214. The minimum absolute atomic E-state index is 0.0418. The van der Waals surface area contributed by atoms with Gasteiger partial charge in [-0.15, -0.1) is 0 Å². The smallest absolute Gasteiger partial charge is 0.250 e. The second-order valence-electron chi connectivity index (χ2n) is 7.91. The van der Waals surface area contributed by atoms with Gasteiger partial charge in [0.05, 0.1) is 0 Å². The number of nitrogens with zero attached hydrogens (tertiary/aromatic N) is 2. The SMILES string of the molecule is CN\C=C/C=C(C)/C1=C/C(C)=C(\C)C(=O)N(Cc2ccc(Oc3ccccn3)cc2)C\C=C\1. The van der Waals surface area contributed by atoms with Gasteiger partial charge in [0.1, 0.15) is 5.75 Å². The van der Waals surface area contributed by atoms with Crippen molar-refractivity contribution in [2.75, 3.05) is 13.6 Å². The third-order valence-corrected chi connectivity index (χ3v) is 5.42. The maximum Gasteiger partial charge on any atom is 0.250 e. The number of nitrogens with one attached hydrogen (secondary N) is 1. The summed E-state index contributed by atoms with van der Waals surface area (Å²) in [6.07, 6.45) is 13.8. The number of amides is 1. The highest BCUT2D eigenvalue weighted by molar-refractivity contribution is 5.94. The summed E-state index contributed by atoms with van der Waals surface area (Å²) in [5.41, 5.74) is 4.99. The van der Waals surface area contributed by atoms with Gasteiger partial charge in [-0.2, -0.15) is 0 Å². The van der Waals surface area contributed by atoms with Crippen LogP contribution in [-0.2, 0) is 11.3 Å². The van der Waals surface area contributed by atoms with Gasteiger partial charge in [0.2, 0.25) is 11.8 Å². The van der Waals surface area contributed by atoms with Crippen LogP contribution in [0.2, 0.25) is 0 Å². The van der Waals surface area contributed by atoms with Crippen LogP contribution in [0.3, 0.4) is 0 Å². The molecule has 5 nitrogen and oxygen atoms in total. The minimum atomic E-state index is 0.0418. The van der Waals surface area contributed by atoms with Crippen molar-refractivity contribution in [1.29, 1.82) is 0 Å². The number of hydrogen-bond donors (Lipinski definition) is 1. The topological polar surface area (TPSA) is 54.5 Å². The summed E-state index contributed by atoms with van der Waals surface area (Å²) in [6, 6.07) is 13.3. The van der Waals surface area contributed by atoms with Gasteiger partial charge in [0.15, 0.2) is 0 Å². The van der Waals surface area contributed by atoms with Gasteiger partial charge >= 0.3 is 0 Å². The molecule has 1 aliphatic rings. The van der Waals surface area contributed by atoms with E-state index >= 15 is 0 Å². The average molecular weight is 442 g/mol. The normalized spacial score (nSPS) is 20.0. The summed E-state index contributed by atoms with van der Waals surface area (Å²) in [7, 11) is 1.87. The molecule has 1 aromatic heterocycles. The second kappa shape index (κ2) is 11.7. The lowest BCUT2D eigenvalue weighted by molar-refractivity contribution is -0.127. The maximum atomic E-state index is 13.2. The van der Waals surface area contributed by atoms with Gasteiger partial charge in [-0.1, -0.05) is 42.5 Å². The molecule has 0 spiro atoms. The Kier molecular flexibility index (Phi) is 8.42. The van der Waals surface area contributed by atoms with Gasteiger partial charge in [-0.3, -0.25) is 4.79 Å². The monoisotopic (exact) mass is 441 g/mol. The third-order valence-electron chi connectivity index (χ3n) is 5.42. The molecular formula is C28H31N3O2. The Morgan fingerprint density at radius 3 is 2.67 bits per heavy atom. The molecule has 0 atom stereocenters. The highest BCUT2D eigenvalue weighted by Crippen LogP contribution is 2.22. The van der Waals surface area contributed by atoms with Crippen LogP contribution in [0.1, 0.15) is 26.3 Å². The molecule has 0 unspecified atom stereocenters. The van der Waals surface area contributed by atoms with E-state index in [1.54, 1.807) is 6.20 Å². The van der Waals surface area contributed by atoms with Crippen LogP contribution in [0.4, 0.5) is 0 Å². The molecule has 1 aromatic carbocycles. The van der Waals surface area contributed by atoms with Crippen molar-refractivity contribution in [2.45, 2.75) is 27.3 Å². The van der Waals surface area contributed by atoms with Gasteiger partial charge < -0.3 is 15.0 Å². The van der Waals surface area contributed by atoms with E-state index in [0.717, 1.165) is 27.9 Å². The van der Waals surface area contributed by atoms with Crippen LogP contribution in [0.5, 0.6) is 11.6 Å². The number of ether oxygens (including phenoxy) is 1. The number of carbonyl (C=O) groups excluding carboxylic acids is 1. The minimum Gasteiger partial charge on any atom is -0.439 e. The number of rotatable bonds is 7. The second-order valence-corrected chi connectivity index (χ2v) is 7.91. The van der Waals surface area contributed by atoms with E-state index in [-0.39, 0.29) is 5.91 Å². The predicted molar refractivity (Wildman–Crippen MR) is 134 cm³/mol. The Balaban J connectivity index is 1.75. The molecule has 0 saturated carbocycles. The van der Waals surface area contributed by atoms with E-state index in [4.69, 9.17) is 4.74 Å². The lowest BCUT2D eigenvalue weighted by Crippen LogP contribution is -2.31. The quantitative estimate of drug-likeness (QED) is 0.559. The van der Waals surface area contributed by atoms with Crippen molar-refractivity contribution in [1.82, 2.24) is 15.2 Å². The largest absolute Gasteiger partial charge is 0.439 e. The van der Waals surface area contributed by atoms with Crippen LogP contribution >= 0.6 is 0 Å². The molecular weight excluding hydrogens is 410 g/mol. The van der Waals surface area contributed by atoms with Crippen molar-refractivity contribution in [3.05, 3.63) is 113 Å². The fourth-order valence-electron chi connectivity index (χ4n) is 3.36.